The van der Waals surface area contributed by atoms with Gasteiger partial charge in [0, 0.05) is 25.2 Å². The first-order valence-corrected chi connectivity index (χ1v) is 9.91. The van der Waals surface area contributed by atoms with Crippen LogP contribution in [0.4, 0.5) is 17.1 Å². The van der Waals surface area contributed by atoms with E-state index in [-0.39, 0.29) is 23.8 Å². The lowest BCUT2D eigenvalue weighted by atomic mass is 10.0. The maximum absolute atomic E-state index is 13.1. The number of hydrogen-bond donors (Lipinski definition) is 2. The SMILES string of the molecule is CC(NC(=O)c1cc([N+](=O)[O-])ccc1N1CCOCC1)c1ccc2c(c1)NC(=O)CO2. The topological polar surface area (TPSA) is 123 Å². The number of anilines is 2. The fraction of sp³-hybridized carbons (Fsp3) is 0.333. The van der Waals surface area contributed by atoms with E-state index in [0.717, 1.165) is 5.56 Å². The van der Waals surface area contributed by atoms with Gasteiger partial charge in [-0.15, -0.1) is 0 Å². The Labute approximate surface area is 178 Å². The van der Waals surface area contributed by atoms with Crippen molar-refractivity contribution in [3.05, 3.63) is 57.6 Å². The van der Waals surface area contributed by atoms with Crippen molar-refractivity contribution in [1.29, 1.82) is 0 Å². The molecular formula is C21H22N4O6. The fourth-order valence-electron chi connectivity index (χ4n) is 3.63. The lowest BCUT2D eigenvalue weighted by Crippen LogP contribution is -2.38. The number of benzene rings is 2. The molecule has 2 N–H and O–H groups in total. The molecule has 2 aliphatic heterocycles. The van der Waals surface area contributed by atoms with Crippen LogP contribution in [0.15, 0.2) is 36.4 Å². The Morgan fingerprint density at radius 3 is 2.74 bits per heavy atom. The molecule has 2 heterocycles. The van der Waals surface area contributed by atoms with E-state index < -0.39 is 16.9 Å². The van der Waals surface area contributed by atoms with Gasteiger partial charge in [0.05, 0.1) is 41.1 Å². The van der Waals surface area contributed by atoms with Crippen LogP contribution in [0.1, 0.15) is 28.9 Å². The third-order valence-corrected chi connectivity index (χ3v) is 5.27. The summed E-state index contributed by atoms with van der Waals surface area (Å²) in [4.78, 5) is 37.4. The molecule has 1 atom stereocenters. The molecule has 0 radical (unpaired) electrons. The Kier molecular flexibility index (Phi) is 5.72. The average molecular weight is 426 g/mol. The highest BCUT2D eigenvalue weighted by atomic mass is 16.6. The minimum Gasteiger partial charge on any atom is -0.482 e. The number of nitro groups is 1. The maximum atomic E-state index is 13.1. The predicted octanol–water partition coefficient (Wildman–Crippen LogP) is 2.25. The van der Waals surface area contributed by atoms with Crippen LogP contribution in [-0.4, -0.2) is 49.6 Å². The Hall–Kier alpha value is -3.66. The molecule has 2 amide bonds. The monoisotopic (exact) mass is 426 g/mol. The second kappa shape index (κ2) is 8.60. The molecule has 162 valence electrons. The van der Waals surface area contributed by atoms with E-state index in [1.165, 1.54) is 12.1 Å². The highest BCUT2D eigenvalue weighted by molar-refractivity contribution is 6.01. The molecule has 0 spiro atoms. The minimum absolute atomic E-state index is 0.0320. The van der Waals surface area contributed by atoms with Crippen LogP contribution in [0.3, 0.4) is 0 Å². The van der Waals surface area contributed by atoms with E-state index in [1.807, 2.05) is 4.90 Å². The summed E-state index contributed by atoms with van der Waals surface area (Å²) in [5.74, 6) is -0.0982. The first-order valence-electron chi connectivity index (χ1n) is 9.91. The van der Waals surface area contributed by atoms with Gasteiger partial charge in [-0.1, -0.05) is 6.07 Å². The normalized spacial score (nSPS) is 16.5. The first kappa shape index (κ1) is 20.6. The van der Waals surface area contributed by atoms with Gasteiger partial charge in [0.2, 0.25) is 0 Å². The summed E-state index contributed by atoms with van der Waals surface area (Å²) in [6, 6.07) is 9.18. The van der Waals surface area contributed by atoms with Crippen LogP contribution in [0.5, 0.6) is 5.75 Å². The number of nitro benzene ring substituents is 1. The summed E-state index contributed by atoms with van der Waals surface area (Å²) >= 11 is 0. The molecule has 4 rings (SSSR count). The van der Waals surface area contributed by atoms with Crippen LogP contribution < -0.4 is 20.3 Å². The molecular weight excluding hydrogens is 404 g/mol. The summed E-state index contributed by atoms with van der Waals surface area (Å²) < 4.78 is 10.7. The first-order chi connectivity index (χ1) is 14.9. The number of rotatable bonds is 5. The second-order valence-electron chi connectivity index (χ2n) is 7.35. The van der Waals surface area contributed by atoms with Crippen LogP contribution in [-0.2, 0) is 9.53 Å². The quantitative estimate of drug-likeness (QED) is 0.555. The van der Waals surface area contributed by atoms with Gasteiger partial charge in [0.25, 0.3) is 17.5 Å². The van der Waals surface area contributed by atoms with Gasteiger partial charge >= 0.3 is 0 Å². The molecule has 31 heavy (non-hydrogen) atoms. The maximum Gasteiger partial charge on any atom is 0.270 e. The summed E-state index contributed by atoms with van der Waals surface area (Å²) in [7, 11) is 0. The standard InChI is InChI=1S/C21H22N4O6/c1-13(14-2-5-19-17(10-14)23-20(26)12-31-19)22-21(27)16-11-15(25(28)29)3-4-18(16)24-6-8-30-9-7-24/h2-5,10-11,13H,6-9,12H2,1H3,(H,22,27)(H,23,26). The molecule has 10 nitrogen and oxygen atoms in total. The van der Waals surface area contributed by atoms with Gasteiger partial charge in [0.1, 0.15) is 5.75 Å². The molecule has 2 aromatic rings. The van der Waals surface area contributed by atoms with Crippen LogP contribution in [0.2, 0.25) is 0 Å². The highest BCUT2D eigenvalue weighted by Crippen LogP contribution is 2.31. The summed E-state index contributed by atoms with van der Waals surface area (Å²) in [5, 5.41) is 16.9. The number of hydrogen-bond acceptors (Lipinski definition) is 7. The third kappa shape index (κ3) is 4.43. The number of carbonyl (C=O) groups is 2. The molecule has 2 aliphatic rings. The number of amides is 2. The lowest BCUT2D eigenvalue weighted by molar-refractivity contribution is -0.384. The van der Waals surface area contributed by atoms with Crippen LogP contribution in [0.25, 0.3) is 0 Å². The molecule has 0 saturated carbocycles. The molecule has 1 saturated heterocycles. The summed E-state index contributed by atoms with van der Waals surface area (Å²) in [6.07, 6.45) is 0. The highest BCUT2D eigenvalue weighted by Gasteiger charge is 2.24. The van der Waals surface area contributed by atoms with E-state index in [9.17, 15) is 19.7 Å². The largest absolute Gasteiger partial charge is 0.482 e. The Bertz CT molecular complexity index is 1030. The van der Waals surface area contributed by atoms with Crippen LogP contribution in [0, 0.1) is 10.1 Å². The molecule has 0 aromatic heterocycles. The van der Waals surface area contributed by atoms with Crippen molar-refractivity contribution in [2.45, 2.75) is 13.0 Å². The summed E-state index contributed by atoms with van der Waals surface area (Å²) in [6.45, 7) is 4.01. The van der Waals surface area contributed by atoms with Crippen molar-refractivity contribution in [3.63, 3.8) is 0 Å². The van der Waals surface area contributed by atoms with E-state index in [4.69, 9.17) is 9.47 Å². The van der Waals surface area contributed by atoms with Gasteiger partial charge in [0.15, 0.2) is 6.61 Å². The predicted molar refractivity (Wildman–Crippen MR) is 113 cm³/mol. The molecule has 0 bridgehead atoms. The van der Waals surface area contributed by atoms with Gasteiger partial charge < -0.3 is 25.0 Å². The number of ether oxygens (including phenoxy) is 2. The zero-order valence-corrected chi connectivity index (χ0v) is 16.9. The van der Waals surface area contributed by atoms with Crippen molar-refractivity contribution in [2.75, 3.05) is 43.1 Å². The fourth-order valence-corrected chi connectivity index (χ4v) is 3.63. The van der Waals surface area contributed by atoms with E-state index >= 15 is 0 Å². The zero-order valence-electron chi connectivity index (χ0n) is 16.9. The summed E-state index contributed by atoms with van der Waals surface area (Å²) in [5.41, 5.74) is 2.01. The average Bonchev–Trinajstić information content (AvgIpc) is 2.78. The van der Waals surface area contributed by atoms with E-state index in [1.54, 1.807) is 31.2 Å². The van der Waals surface area contributed by atoms with E-state index in [2.05, 4.69) is 10.6 Å². The molecule has 1 fully saturated rings. The number of nitrogens with zero attached hydrogens (tertiary/aromatic N) is 2. The minimum atomic E-state index is -0.518. The van der Waals surface area contributed by atoms with Crippen molar-refractivity contribution >= 4 is 28.9 Å². The van der Waals surface area contributed by atoms with Crippen molar-refractivity contribution < 1.29 is 24.0 Å². The smallest absolute Gasteiger partial charge is 0.270 e. The van der Waals surface area contributed by atoms with Gasteiger partial charge in [-0.2, -0.15) is 0 Å². The van der Waals surface area contributed by atoms with Crippen molar-refractivity contribution in [2.24, 2.45) is 0 Å². The van der Waals surface area contributed by atoms with Crippen molar-refractivity contribution in [3.8, 4) is 5.75 Å². The van der Waals surface area contributed by atoms with E-state index in [0.29, 0.717) is 43.4 Å². The van der Waals surface area contributed by atoms with Crippen molar-refractivity contribution in [1.82, 2.24) is 5.32 Å². The number of non-ortho nitro benzene ring substituents is 1. The molecule has 1 unspecified atom stereocenters. The lowest BCUT2D eigenvalue weighted by Gasteiger charge is -2.30. The van der Waals surface area contributed by atoms with Crippen LogP contribution >= 0.6 is 0 Å². The molecule has 0 aliphatic carbocycles. The number of morpholine rings is 1. The molecule has 2 aromatic carbocycles. The number of fused-ring (bicyclic) bond motifs is 1. The van der Waals surface area contributed by atoms with Gasteiger partial charge in [-0.05, 0) is 30.7 Å². The Morgan fingerprint density at radius 2 is 2.00 bits per heavy atom. The zero-order chi connectivity index (χ0) is 22.0. The van der Waals surface area contributed by atoms with Gasteiger partial charge in [-0.25, -0.2) is 0 Å². The number of nitrogens with one attached hydrogen (secondary N) is 2. The van der Waals surface area contributed by atoms with Gasteiger partial charge in [-0.3, -0.25) is 19.7 Å². The third-order valence-electron chi connectivity index (χ3n) is 5.27. The Balaban J connectivity index is 1.58. The number of carbonyl (C=O) groups excluding carboxylic acids is 2. The second-order valence-corrected chi connectivity index (χ2v) is 7.35. The molecule has 10 heteroatoms. The Morgan fingerprint density at radius 1 is 1.23 bits per heavy atom.